The third-order valence-electron chi connectivity index (χ3n) is 11.4. The summed E-state index contributed by atoms with van der Waals surface area (Å²) in [5.74, 6) is -0.313. The van der Waals surface area contributed by atoms with Crippen molar-refractivity contribution in [2.75, 3.05) is 26.4 Å². The third kappa shape index (κ3) is 31.5. The second-order valence-electron chi connectivity index (χ2n) is 16.9. The lowest BCUT2D eigenvalue weighted by molar-refractivity contribution is -0.305. The number of aliphatic hydroxyl groups is 4. The topological polar surface area (TPSA) is 135 Å². The minimum atomic E-state index is -1.53. The highest BCUT2D eigenvalue weighted by atomic mass is 16.7. The fourth-order valence-corrected chi connectivity index (χ4v) is 7.52. The van der Waals surface area contributed by atoms with Crippen LogP contribution in [0.15, 0.2) is 24.3 Å². The van der Waals surface area contributed by atoms with Gasteiger partial charge < -0.3 is 39.4 Å². The molecule has 0 aromatic rings. The number of carbonyl (C=O) groups is 1. The number of unbranched alkanes of at least 4 members (excludes halogenated alkanes) is 27. The Morgan fingerprint density at radius 2 is 1.00 bits per heavy atom. The molecular formula is C49H92O9. The number of aliphatic hydroxyl groups excluding tert-OH is 4. The molecule has 1 heterocycles. The molecular weight excluding hydrogens is 733 g/mol. The van der Waals surface area contributed by atoms with Crippen molar-refractivity contribution in [2.45, 2.75) is 256 Å². The van der Waals surface area contributed by atoms with E-state index in [2.05, 4.69) is 38.2 Å². The Labute approximate surface area is 356 Å². The largest absolute Gasteiger partial charge is 0.457 e. The molecule has 9 heteroatoms. The number of allylic oxidation sites excluding steroid dienone is 4. The predicted molar refractivity (Wildman–Crippen MR) is 238 cm³/mol. The Morgan fingerprint density at radius 1 is 0.552 bits per heavy atom. The summed E-state index contributed by atoms with van der Waals surface area (Å²) in [6.07, 6.45) is 40.7. The van der Waals surface area contributed by atoms with Crippen molar-refractivity contribution in [1.29, 1.82) is 0 Å². The molecule has 1 saturated heterocycles. The van der Waals surface area contributed by atoms with Crippen molar-refractivity contribution in [1.82, 2.24) is 0 Å². The van der Waals surface area contributed by atoms with Crippen molar-refractivity contribution < 1.29 is 44.2 Å². The first-order valence-electron chi connectivity index (χ1n) is 24.4. The number of hydrogen-bond donors (Lipinski definition) is 4. The van der Waals surface area contributed by atoms with Gasteiger partial charge in [0.15, 0.2) is 6.29 Å². The number of rotatable bonds is 42. The van der Waals surface area contributed by atoms with Crippen LogP contribution < -0.4 is 0 Å². The van der Waals surface area contributed by atoms with Gasteiger partial charge in [0.25, 0.3) is 0 Å². The summed E-state index contributed by atoms with van der Waals surface area (Å²) in [5.41, 5.74) is 0. The van der Waals surface area contributed by atoms with E-state index >= 15 is 0 Å². The molecule has 0 saturated carbocycles. The summed E-state index contributed by atoms with van der Waals surface area (Å²) in [6.45, 7) is 4.56. The van der Waals surface area contributed by atoms with Crippen LogP contribution in [0, 0.1) is 0 Å². The summed E-state index contributed by atoms with van der Waals surface area (Å²) >= 11 is 0. The molecule has 0 aliphatic carbocycles. The standard InChI is InChI=1S/C49H92O9/c1-3-5-7-9-11-13-15-16-17-18-19-20-21-22-23-24-25-26-27-29-31-33-35-37-39-55-41-43(42-56-49-48(54)47(53)46(52)44(40-50)58-49)57-45(51)38-36-34-32-30-28-14-12-10-8-6-4-2/h15-16,18-19,43-44,46-50,52-54H,3-14,17,20-42H2,1-2H3/b16-15-,19-18-. The van der Waals surface area contributed by atoms with Crippen LogP contribution in [0.5, 0.6) is 0 Å². The van der Waals surface area contributed by atoms with Gasteiger partial charge in [-0.3, -0.25) is 4.79 Å². The quantitative estimate of drug-likeness (QED) is 0.0269. The number of esters is 1. The van der Waals surface area contributed by atoms with E-state index in [0.29, 0.717) is 13.0 Å². The number of hydrogen-bond acceptors (Lipinski definition) is 9. The van der Waals surface area contributed by atoms with Crippen LogP contribution in [0.4, 0.5) is 0 Å². The third-order valence-corrected chi connectivity index (χ3v) is 11.4. The molecule has 0 bridgehead atoms. The van der Waals surface area contributed by atoms with Gasteiger partial charge in [0.1, 0.15) is 30.5 Å². The van der Waals surface area contributed by atoms with E-state index in [4.69, 9.17) is 18.9 Å². The maximum absolute atomic E-state index is 12.7. The average Bonchev–Trinajstić information content (AvgIpc) is 3.22. The van der Waals surface area contributed by atoms with Crippen LogP contribution in [-0.2, 0) is 23.7 Å². The highest BCUT2D eigenvalue weighted by molar-refractivity contribution is 5.69. The summed E-state index contributed by atoms with van der Waals surface area (Å²) in [7, 11) is 0. The number of carbonyl (C=O) groups excluding carboxylic acids is 1. The van der Waals surface area contributed by atoms with Gasteiger partial charge in [0, 0.05) is 13.0 Å². The summed E-state index contributed by atoms with van der Waals surface area (Å²) in [6, 6.07) is 0. The van der Waals surface area contributed by atoms with Gasteiger partial charge in [-0.2, -0.15) is 0 Å². The molecule has 1 rings (SSSR count). The van der Waals surface area contributed by atoms with E-state index in [-0.39, 0.29) is 19.2 Å². The minimum absolute atomic E-state index is 0.110. The van der Waals surface area contributed by atoms with Crippen molar-refractivity contribution in [3.8, 4) is 0 Å². The highest BCUT2D eigenvalue weighted by Crippen LogP contribution is 2.23. The van der Waals surface area contributed by atoms with Crippen molar-refractivity contribution in [2.24, 2.45) is 0 Å². The molecule has 0 spiro atoms. The molecule has 0 amide bonds. The van der Waals surface area contributed by atoms with Crippen LogP contribution in [0.3, 0.4) is 0 Å². The van der Waals surface area contributed by atoms with Gasteiger partial charge in [-0.1, -0.05) is 192 Å². The Balaban J connectivity index is 2.16. The fraction of sp³-hybridized carbons (Fsp3) is 0.898. The molecule has 0 aromatic carbocycles. The Hall–Kier alpha value is -1.33. The molecule has 6 atom stereocenters. The van der Waals surface area contributed by atoms with Crippen molar-refractivity contribution in [3.63, 3.8) is 0 Å². The second-order valence-corrected chi connectivity index (χ2v) is 16.9. The Kier molecular flexibility index (Phi) is 38.7. The molecule has 342 valence electrons. The van der Waals surface area contributed by atoms with Crippen LogP contribution in [0.1, 0.15) is 219 Å². The molecule has 6 unspecified atom stereocenters. The molecule has 9 nitrogen and oxygen atoms in total. The predicted octanol–water partition coefficient (Wildman–Crippen LogP) is 11.4. The Bertz CT molecular complexity index is 941. The van der Waals surface area contributed by atoms with Crippen LogP contribution in [0.25, 0.3) is 0 Å². The SMILES string of the molecule is CCCCCCC/C=C\C/C=C\CCCCCCCCCCCCCCOCC(COC1OC(CO)C(O)C(O)C1O)OC(=O)CCCCCCCCCCCCC. The summed E-state index contributed by atoms with van der Waals surface area (Å²) in [4.78, 5) is 12.7. The summed E-state index contributed by atoms with van der Waals surface area (Å²) in [5, 5.41) is 40.1. The molecule has 1 fully saturated rings. The molecule has 4 N–H and O–H groups in total. The van der Waals surface area contributed by atoms with Gasteiger partial charge in [-0.15, -0.1) is 0 Å². The minimum Gasteiger partial charge on any atom is -0.457 e. The van der Waals surface area contributed by atoms with E-state index in [9.17, 15) is 25.2 Å². The van der Waals surface area contributed by atoms with Gasteiger partial charge >= 0.3 is 5.97 Å². The maximum atomic E-state index is 12.7. The molecule has 1 aliphatic heterocycles. The second kappa shape index (κ2) is 41.0. The number of ether oxygens (including phenoxy) is 4. The van der Waals surface area contributed by atoms with Crippen molar-refractivity contribution >= 4 is 5.97 Å². The molecule has 1 aliphatic rings. The lowest BCUT2D eigenvalue weighted by atomic mass is 9.99. The normalized spacial score (nSPS) is 20.4. The summed E-state index contributed by atoms with van der Waals surface area (Å²) < 4.78 is 22.8. The van der Waals surface area contributed by atoms with Crippen molar-refractivity contribution in [3.05, 3.63) is 24.3 Å². The van der Waals surface area contributed by atoms with Gasteiger partial charge in [-0.05, 0) is 44.9 Å². The van der Waals surface area contributed by atoms with E-state index in [1.807, 2.05) is 0 Å². The monoisotopic (exact) mass is 825 g/mol. The average molecular weight is 825 g/mol. The lowest BCUT2D eigenvalue weighted by Crippen LogP contribution is -2.59. The first-order valence-corrected chi connectivity index (χ1v) is 24.4. The lowest BCUT2D eigenvalue weighted by Gasteiger charge is -2.39. The van der Waals surface area contributed by atoms with E-state index < -0.39 is 43.4 Å². The van der Waals surface area contributed by atoms with E-state index in [1.165, 1.54) is 161 Å². The van der Waals surface area contributed by atoms with Gasteiger partial charge in [0.2, 0.25) is 0 Å². The first kappa shape index (κ1) is 54.7. The molecule has 0 radical (unpaired) electrons. The zero-order chi connectivity index (χ0) is 42.2. The maximum Gasteiger partial charge on any atom is 0.306 e. The zero-order valence-electron chi connectivity index (χ0n) is 37.6. The first-order chi connectivity index (χ1) is 28.4. The smallest absolute Gasteiger partial charge is 0.306 e. The van der Waals surface area contributed by atoms with E-state index in [1.54, 1.807) is 0 Å². The Morgan fingerprint density at radius 3 is 1.48 bits per heavy atom. The highest BCUT2D eigenvalue weighted by Gasteiger charge is 2.44. The van der Waals surface area contributed by atoms with E-state index in [0.717, 1.165) is 38.5 Å². The van der Waals surface area contributed by atoms with Crippen LogP contribution in [-0.4, -0.2) is 89.6 Å². The van der Waals surface area contributed by atoms with Crippen LogP contribution in [0.2, 0.25) is 0 Å². The zero-order valence-corrected chi connectivity index (χ0v) is 37.6. The van der Waals surface area contributed by atoms with Gasteiger partial charge in [-0.25, -0.2) is 0 Å². The molecule has 0 aromatic heterocycles. The van der Waals surface area contributed by atoms with Crippen LogP contribution >= 0.6 is 0 Å². The van der Waals surface area contributed by atoms with Gasteiger partial charge in [0.05, 0.1) is 19.8 Å². The molecule has 58 heavy (non-hydrogen) atoms. The fourth-order valence-electron chi connectivity index (χ4n) is 7.52.